The average molecular weight is 222 g/mol. The molecule has 1 aliphatic heterocycles. The summed E-state index contributed by atoms with van der Waals surface area (Å²) in [5.41, 5.74) is 0.933. The first-order valence-electron chi connectivity index (χ1n) is 4.58. The topological polar surface area (TPSA) is 70.4 Å². The lowest BCUT2D eigenvalue weighted by atomic mass is 10.1. The normalized spacial score (nSPS) is 17.6. The van der Waals surface area contributed by atoms with Crippen molar-refractivity contribution in [3.8, 4) is 0 Å². The third-order valence-corrected chi connectivity index (χ3v) is 2.42. The van der Waals surface area contributed by atoms with Crippen molar-refractivity contribution in [2.24, 2.45) is 0 Å². The molecule has 0 amide bonds. The van der Waals surface area contributed by atoms with Gasteiger partial charge < -0.3 is 14.0 Å². The van der Waals surface area contributed by atoms with E-state index in [9.17, 15) is 9.59 Å². The number of fused-ring (bicyclic) bond motifs is 1. The van der Waals surface area contributed by atoms with Crippen LogP contribution in [0.4, 0.5) is 0 Å². The van der Waals surface area contributed by atoms with Crippen LogP contribution in [0.25, 0.3) is 6.08 Å². The van der Waals surface area contributed by atoms with Gasteiger partial charge in [0, 0.05) is 0 Å². The van der Waals surface area contributed by atoms with Crippen molar-refractivity contribution in [1.29, 1.82) is 0 Å². The number of nitrogens with zero attached hydrogens (tertiary/aromatic N) is 2. The van der Waals surface area contributed by atoms with Crippen LogP contribution in [-0.2, 0) is 19.1 Å². The molecule has 0 saturated heterocycles. The second-order valence-electron chi connectivity index (χ2n) is 3.24. The molecule has 0 aliphatic carbocycles. The second kappa shape index (κ2) is 3.80. The molecule has 16 heavy (non-hydrogen) atoms. The van der Waals surface area contributed by atoms with Gasteiger partial charge in [-0.1, -0.05) is 0 Å². The van der Waals surface area contributed by atoms with Gasteiger partial charge in [0.1, 0.15) is 0 Å². The molecule has 0 spiro atoms. The van der Waals surface area contributed by atoms with Crippen LogP contribution < -0.4 is 0 Å². The molecule has 6 heteroatoms. The average Bonchev–Trinajstić information content (AvgIpc) is 2.86. The molecule has 2 heterocycles. The molecule has 0 radical (unpaired) electrons. The minimum Gasteiger partial charge on any atom is -0.467 e. The Labute approximate surface area is 91.5 Å². The van der Waals surface area contributed by atoms with Gasteiger partial charge in [-0.05, 0) is 6.08 Å². The maximum Gasteiger partial charge on any atom is 0.336 e. The van der Waals surface area contributed by atoms with E-state index in [0.29, 0.717) is 5.69 Å². The van der Waals surface area contributed by atoms with E-state index in [4.69, 9.17) is 0 Å². The molecule has 0 saturated carbocycles. The Kier molecular flexibility index (Phi) is 2.47. The summed E-state index contributed by atoms with van der Waals surface area (Å²) in [6, 6.07) is -0.796. The number of carbonyl (C=O) groups excluding carboxylic acids is 2. The van der Waals surface area contributed by atoms with E-state index in [-0.39, 0.29) is 5.57 Å². The van der Waals surface area contributed by atoms with Gasteiger partial charge in [-0.15, -0.1) is 0 Å². The highest BCUT2D eigenvalue weighted by molar-refractivity contribution is 6.02. The summed E-state index contributed by atoms with van der Waals surface area (Å²) >= 11 is 0. The minimum absolute atomic E-state index is 0.256. The van der Waals surface area contributed by atoms with E-state index in [1.165, 1.54) is 20.5 Å². The van der Waals surface area contributed by atoms with Crippen molar-refractivity contribution in [3.63, 3.8) is 0 Å². The third kappa shape index (κ3) is 1.39. The predicted molar refractivity (Wildman–Crippen MR) is 53.3 cm³/mol. The van der Waals surface area contributed by atoms with Gasteiger partial charge in [-0.25, -0.2) is 14.6 Å². The zero-order valence-corrected chi connectivity index (χ0v) is 8.84. The monoisotopic (exact) mass is 222 g/mol. The first-order valence-corrected chi connectivity index (χ1v) is 4.58. The number of rotatable bonds is 2. The Bertz CT molecular complexity index is 475. The number of imidazole rings is 1. The van der Waals surface area contributed by atoms with Gasteiger partial charge in [0.25, 0.3) is 0 Å². The van der Waals surface area contributed by atoms with E-state index < -0.39 is 18.0 Å². The number of carbonyl (C=O) groups is 2. The van der Waals surface area contributed by atoms with Crippen LogP contribution in [0.3, 0.4) is 0 Å². The lowest BCUT2D eigenvalue weighted by molar-refractivity contribution is -0.146. The summed E-state index contributed by atoms with van der Waals surface area (Å²) in [5.74, 6) is -1.06. The Morgan fingerprint density at radius 2 is 2.12 bits per heavy atom. The van der Waals surface area contributed by atoms with E-state index in [0.717, 1.165) is 0 Å². The third-order valence-electron chi connectivity index (χ3n) is 2.42. The number of aromatic nitrogens is 2. The molecule has 0 aromatic carbocycles. The second-order valence-corrected chi connectivity index (χ2v) is 3.24. The SMILES string of the molecule is COC(=O)C1=Cc2cncn2C1C(=O)OC. The molecular formula is C10H10N2O4. The Hall–Kier alpha value is -2.11. The summed E-state index contributed by atoms with van der Waals surface area (Å²) in [7, 11) is 2.54. The van der Waals surface area contributed by atoms with Gasteiger partial charge >= 0.3 is 11.9 Å². The van der Waals surface area contributed by atoms with E-state index in [2.05, 4.69) is 14.5 Å². The lowest BCUT2D eigenvalue weighted by Crippen LogP contribution is -2.23. The maximum absolute atomic E-state index is 11.6. The summed E-state index contributed by atoms with van der Waals surface area (Å²) < 4.78 is 10.8. The quantitative estimate of drug-likeness (QED) is 0.667. The van der Waals surface area contributed by atoms with Crippen molar-refractivity contribution < 1.29 is 19.1 Å². The number of esters is 2. The van der Waals surface area contributed by atoms with Crippen molar-refractivity contribution >= 4 is 18.0 Å². The molecule has 2 rings (SSSR count). The maximum atomic E-state index is 11.6. The largest absolute Gasteiger partial charge is 0.467 e. The fourth-order valence-corrected chi connectivity index (χ4v) is 1.67. The van der Waals surface area contributed by atoms with Crippen molar-refractivity contribution in [1.82, 2.24) is 9.55 Å². The fourth-order valence-electron chi connectivity index (χ4n) is 1.67. The predicted octanol–water partition coefficient (Wildman–Crippen LogP) is 0.167. The first kappa shape index (κ1) is 10.4. The first-order chi connectivity index (χ1) is 7.69. The lowest BCUT2D eigenvalue weighted by Gasteiger charge is -2.13. The van der Waals surface area contributed by atoms with Crippen LogP contribution in [0.5, 0.6) is 0 Å². The Morgan fingerprint density at radius 1 is 1.38 bits per heavy atom. The highest BCUT2D eigenvalue weighted by Gasteiger charge is 2.36. The van der Waals surface area contributed by atoms with Gasteiger partial charge in [-0.2, -0.15) is 0 Å². The van der Waals surface area contributed by atoms with Gasteiger partial charge in [0.2, 0.25) is 0 Å². The summed E-state index contributed by atoms with van der Waals surface area (Å²) in [6.07, 6.45) is 4.61. The van der Waals surface area contributed by atoms with Crippen LogP contribution in [0.1, 0.15) is 11.7 Å². The standard InChI is InChI=1S/C10H10N2O4/c1-15-9(13)7-3-6-4-11-5-12(6)8(7)10(14)16-2/h3-5,8H,1-2H3. The number of hydrogen-bond donors (Lipinski definition) is 0. The van der Waals surface area contributed by atoms with E-state index in [1.54, 1.807) is 16.8 Å². The molecule has 6 nitrogen and oxygen atoms in total. The molecule has 1 aliphatic rings. The van der Waals surface area contributed by atoms with Gasteiger partial charge in [0.15, 0.2) is 6.04 Å². The zero-order valence-electron chi connectivity index (χ0n) is 8.84. The Morgan fingerprint density at radius 3 is 2.75 bits per heavy atom. The summed E-state index contributed by atoms with van der Waals surface area (Å²) in [6.45, 7) is 0. The number of ether oxygens (including phenoxy) is 2. The molecule has 1 atom stereocenters. The molecule has 0 fully saturated rings. The molecule has 84 valence electrons. The number of hydrogen-bond acceptors (Lipinski definition) is 5. The van der Waals surface area contributed by atoms with Crippen molar-refractivity contribution in [2.75, 3.05) is 14.2 Å². The number of methoxy groups -OCH3 is 2. The van der Waals surface area contributed by atoms with Crippen LogP contribution in [0.2, 0.25) is 0 Å². The Balaban J connectivity index is 2.43. The highest BCUT2D eigenvalue weighted by atomic mass is 16.5. The van der Waals surface area contributed by atoms with Crippen LogP contribution >= 0.6 is 0 Å². The van der Waals surface area contributed by atoms with Gasteiger partial charge in [-0.3, -0.25) is 0 Å². The summed E-state index contributed by atoms with van der Waals surface area (Å²) in [5, 5.41) is 0. The molecule has 0 bridgehead atoms. The van der Waals surface area contributed by atoms with Crippen LogP contribution in [0.15, 0.2) is 18.1 Å². The smallest absolute Gasteiger partial charge is 0.336 e. The van der Waals surface area contributed by atoms with Crippen LogP contribution in [0, 0.1) is 0 Å². The van der Waals surface area contributed by atoms with Crippen molar-refractivity contribution in [2.45, 2.75) is 6.04 Å². The fraction of sp³-hybridized carbons (Fsp3) is 0.300. The van der Waals surface area contributed by atoms with E-state index in [1.807, 2.05) is 0 Å². The zero-order chi connectivity index (χ0) is 11.7. The van der Waals surface area contributed by atoms with Crippen LogP contribution in [-0.4, -0.2) is 35.7 Å². The molecule has 1 unspecified atom stereocenters. The van der Waals surface area contributed by atoms with Gasteiger partial charge in [0.05, 0.1) is 38.0 Å². The molecule has 1 aromatic rings. The summed E-state index contributed by atoms with van der Waals surface area (Å²) in [4.78, 5) is 27.0. The minimum atomic E-state index is -0.796. The molecule has 0 N–H and O–H groups in total. The van der Waals surface area contributed by atoms with E-state index >= 15 is 0 Å². The van der Waals surface area contributed by atoms with Crippen molar-refractivity contribution in [3.05, 3.63) is 23.8 Å². The molecule has 1 aromatic heterocycles. The molecular weight excluding hydrogens is 212 g/mol. The highest BCUT2D eigenvalue weighted by Crippen LogP contribution is 2.30.